The number of rotatable bonds is 7. The van der Waals surface area contributed by atoms with Crippen molar-refractivity contribution in [2.75, 3.05) is 26.4 Å². The van der Waals surface area contributed by atoms with Crippen molar-refractivity contribution in [1.82, 2.24) is 5.32 Å². The van der Waals surface area contributed by atoms with Crippen molar-refractivity contribution in [2.24, 2.45) is 5.41 Å². The van der Waals surface area contributed by atoms with Crippen molar-refractivity contribution in [3.63, 3.8) is 0 Å². The average Bonchev–Trinajstić information content (AvgIpc) is 2.64. The van der Waals surface area contributed by atoms with Crippen molar-refractivity contribution in [3.05, 3.63) is 0 Å². The molecule has 0 aromatic heterocycles. The standard InChI is InChI=1S/C13H27NO2/c1-11(2)14-9-13(5-7-15-10-13)6-8-16-12(3)4/h11-12,14H,5-10H2,1-4H3. The van der Waals surface area contributed by atoms with Gasteiger partial charge in [0.1, 0.15) is 0 Å². The molecule has 96 valence electrons. The van der Waals surface area contributed by atoms with E-state index in [2.05, 4.69) is 33.0 Å². The Morgan fingerprint density at radius 2 is 2.06 bits per heavy atom. The van der Waals surface area contributed by atoms with Crippen molar-refractivity contribution < 1.29 is 9.47 Å². The maximum atomic E-state index is 5.65. The highest BCUT2D eigenvalue weighted by atomic mass is 16.5. The number of nitrogens with one attached hydrogen (secondary N) is 1. The summed E-state index contributed by atoms with van der Waals surface area (Å²) in [5, 5.41) is 3.53. The lowest BCUT2D eigenvalue weighted by atomic mass is 9.84. The molecule has 0 spiro atoms. The molecule has 1 aliphatic heterocycles. The van der Waals surface area contributed by atoms with Gasteiger partial charge in [-0.05, 0) is 26.7 Å². The molecule has 0 amide bonds. The van der Waals surface area contributed by atoms with Gasteiger partial charge in [-0.15, -0.1) is 0 Å². The van der Waals surface area contributed by atoms with Crippen molar-refractivity contribution >= 4 is 0 Å². The second-order valence-corrected chi connectivity index (χ2v) is 5.51. The van der Waals surface area contributed by atoms with Crippen LogP contribution >= 0.6 is 0 Å². The van der Waals surface area contributed by atoms with Crippen LogP contribution in [0.15, 0.2) is 0 Å². The normalized spacial score (nSPS) is 25.9. The van der Waals surface area contributed by atoms with Crippen LogP contribution in [-0.4, -0.2) is 38.5 Å². The van der Waals surface area contributed by atoms with Gasteiger partial charge in [-0.1, -0.05) is 13.8 Å². The molecule has 0 aromatic carbocycles. The Balaban J connectivity index is 2.33. The summed E-state index contributed by atoms with van der Waals surface area (Å²) < 4.78 is 11.2. The SMILES string of the molecule is CC(C)NCC1(CCOC(C)C)CCOC1. The fraction of sp³-hybridized carbons (Fsp3) is 1.00. The fourth-order valence-electron chi connectivity index (χ4n) is 2.01. The van der Waals surface area contributed by atoms with Gasteiger partial charge in [0.25, 0.3) is 0 Å². The van der Waals surface area contributed by atoms with E-state index in [0.717, 1.165) is 39.2 Å². The second-order valence-electron chi connectivity index (χ2n) is 5.51. The highest BCUT2D eigenvalue weighted by Crippen LogP contribution is 2.32. The van der Waals surface area contributed by atoms with E-state index in [4.69, 9.17) is 9.47 Å². The molecular formula is C13H27NO2. The summed E-state index contributed by atoms with van der Waals surface area (Å²) in [6.45, 7) is 12.2. The molecule has 16 heavy (non-hydrogen) atoms. The molecule has 1 rings (SSSR count). The Morgan fingerprint density at radius 3 is 2.56 bits per heavy atom. The van der Waals surface area contributed by atoms with Crippen LogP contribution in [0, 0.1) is 5.41 Å². The smallest absolute Gasteiger partial charge is 0.0536 e. The zero-order valence-corrected chi connectivity index (χ0v) is 11.2. The molecule has 0 radical (unpaired) electrons. The minimum Gasteiger partial charge on any atom is -0.381 e. The van der Waals surface area contributed by atoms with E-state index >= 15 is 0 Å². The molecule has 1 saturated heterocycles. The van der Waals surface area contributed by atoms with Crippen LogP contribution in [0.2, 0.25) is 0 Å². The molecule has 0 bridgehead atoms. The first-order valence-electron chi connectivity index (χ1n) is 6.47. The highest BCUT2D eigenvalue weighted by molar-refractivity contribution is 4.85. The number of ether oxygens (including phenoxy) is 2. The van der Waals surface area contributed by atoms with Gasteiger partial charge in [0, 0.05) is 31.2 Å². The number of hydrogen-bond donors (Lipinski definition) is 1. The van der Waals surface area contributed by atoms with Crippen LogP contribution in [0.4, 0.5) is 0 Å². The Kier molecular flexibility index (Phi) is 5.73. The summed E-state index contributed by atoms with van der Waals surface area (Å²) in [5.74, 6) is 0. The quantitative estimate of drug-likeness (QED) is 0.726. The van der Waals surface area contributed by atoms with E-state index in [1.165, 1.54) is 0 Å². The van der Waals surface area contributed by atoms with Gasteiger partial charge >= 0.3 is 0 Å². The largest absolute Gasteiger partial charge is 0.381 e. The van der Waals surface area contributed by atoms with Crippen LogP contribution in [0.25, 0.3) is 0 Å². The van der Waals surface area contributed by atoms with Gasteiger partial charge in [-0.3, -0.25) is 0 Å². The second kappa shape index (κ2) is 6.58. The monoisotopic (exact) mass is 229 g/mol. The minimum absolute atomic E-state index is 0.305. The summed E-state index contributed by atoms with van der Waals surface area (Å²) >= 11 is 0. The molecule has 1 atom stereocenters. The van der Waals surface area contributed by atoms with Crippen LogP contribution in [-0.2, 0) is 9.47 Å². The third-order valence-corrected chi connectivity index (χ3v) is 3.15. The topological polar surface area (TPSA) is 30.5 Å². The molecule has 3 heteroatoms. The van der Waals surface area contributed by atoms with Crippen molar-refractivity contribution in [1.29, 1.82) is 0 Å². The molecule has 0 aromatic rings. The van der Waals surface area contributed by atoms with E-state index in [0.29, 0.717) is 17.6 Å². The van der Waals surface area contributed by atoms with Gasteiger partial charge in [0.15, 0.2) is 0 Å². The van der Waals surface area contributed by atoms with Gasteiger partial charge < -0.3 is 14.8 Å². The molecule has 1 aliphatic rings. The Labute approximate surface area is 99.9 Å². The molecule has 0 saturated carbocycles. The lowest BCUT2D eigenvalue weighted by Gasteiger charge is -2.29. The first kappa shape index (κ1) is 13.9. The first-order valence-corrected chi connectivity index (χ1v) is 6.47. The molecule has 3 nitrogen and oxygen atoms in total. The first-order chi connectivity index (χ1) is 7.54. The van der Waals surface area contributed by atoms with E-state index in [1.54, 1.807) is 0 Å². The van der Waals surface area contributed by atoms with E-state index in [1.807, 2.05) is 0 Å². The summed E-state index contributed by atoms with van der Waals surface area (Å²) in [6, 6.07) is 0.545. The van der Waals surface area contributed by atoms with E-state index in [9.17, 15) is 0 Å². The maximum absolute atomic E-state index is 5.65. The van der Waals surface area contributed by atoms with Crippen LogP contribution in [0.3, 0.4) is 0 Å². The molecule has 1 N–H and O–H groups in total. The molecule has 1 heterocycles. The Morgan fingerprint density at radius 1 is 1.31 bits per heavy atom. The summed E-state index contributed by atoms with van der Waals surface area (Å²) in [7, 11) is 0. The molecule has 1 unspecified atom stereocenters. The summed E-state index contributed by atoms with van der Waals surface area (Å²) in [4.78, 5) is 0. The summed E-state index contributed by atoms with van der Waals surface area (Å²) in [5.41, 5.74) is 0.305. The van der Waals surface area contributed by atoms with Gasteiger partial charge in [-0.25, -0.2) is 0 Å². The zero-order valence-electron chi connectivity index (χ0n) is 11.2. The highest BCUT2D eigenvalue weighted by Gasteiger charge is 2.34. The number of hydrogen-bond acceptors (Lipinski definition) is 3. The fourth-order valence-corrected chi connectivity index (χ4v) is 2.01. The third-order valence-electron chi connectivity index (χ3n) is 3.15. The Bertz CT molecular complexity index is 186. The Hall–Kier alpha value is -0.120. The third kappa shape index (κ3) is 4.81. The predicted octanol–water partition coefficient (Wildman–Crippen LogP) is 2.21. The average molecular weight is 229 g/mol. The van der Waals surface area contributed by atoms with Gasteiger partial charge in [-0.2, -0.15) is 0 Å². The van der Waals surface area contributed by atoms with Crippen LogP contribution < -0.4 is 5.32 Å². The molecule has 0 aliphatic carbocycles. The van der Waals surface area contributed by atoms with Gasteiger partial charge in [0.05, 0.1) is 12.7 Å². The van der Waals surface area contributed by atoms with Crippen LogP contribution in [0.5, 0.6) is 0 Å². The minimum atomic E-state index is 0.305. The van der Waals surface area contributed by atoms with E-state index < -0.39 is 0 Å². The lowest BCUT2D eigenvalue weighted by molar-refractivity contribution is 0.0449. The van der Waals surface area contributed by atoms with Crippen molar-refractivity contribution in [2.45, 2.75) is 52.7 Å². The van der Waals surface area contributed by atoms with Gasteiger partial charge in [0.2, 0.25) is 0 Å². The maximum Gasteiger partial charge on any atom is 0.0536 e. The van der Waals surface area contributed by atoms with Crippen LogP contribution in [0.1, 0.15) is 40.5 Å². The van der Waals surface area contributed by atoms with E-state index in [-0.39, 0.29) is 0 Å². The lowest BCUT2D eigenvalue weighted by Crippen LogP contribution is -2.39. The molecular weight excluding hydrogens is 202 g/mol. The molecule has 1 fully saturated rings. The zero-order chi connectivity index (χ0) is 12.0. The van der Waals surface area contributed by atoms with Crippen molar-refractivity contribution in [3.8, 4) is 0 Å². The summed E-state index contributed by atoms with van der Waals surface area (Å²) in [6.07, 6.45) is 2.59. The predicted molar refractivity (Wildman–Crippen MR) is 66.7 cm³/mol.